The number of aryl methyl sites for hydroxylation is 1. The number of hydrogen-bond acceptors (Lipinski definition) is 7. The number of rotatable bonds is 8. The molecule has 0 spiro atoms. The van der Waals surface area contributed by atoms with E-state index in [0.717, 1.165) is 56.3 Å². The standard InChI is InChI=1S/C22H24N4O3S/c27-21(28)20-7-6-19(30-20)18-8-9-23-22(25-18)24-17-5-1-3-16(15-17)4-2-10-26-11-13-29-14-12-26/h1,3,5-9,15H,2,4,10-14H2,(H,27,28)(H,23,24,25). The predicted molar refractivity (Wildman–Crippen MR) is 118 cm³/mol. The molecule has 2 N–H and O–H groups in total. The quantitative estimate of drug-likeness (QED) is 0.567. The number of aromatic nitrogens is 2. The van der Waals surface area contributed by atoms with Crippen LogP contribution in [-0.2, 0) is 11.2 Å². The maximum atomic E-state index is 11.1. The molecule has 0 aliphatic carbocycles. The Hall–Kier alpha value is -2.81. The lowest BCUT2D eigenvalue weighted by molar-refractivity contribution is 0.0374. The van der Waals surface area contributed by atoms with E-state index in [1.807, 2.05) is 12.1 Å². The van der Waals surface area contributed by atoms with Crippen LogP contribution < -0.4 is 5.32 Å². The van der Waals surface area contributed by atoms with Crippen LogP contribution in [-0.4, -0.2) is 58.8 Å². The number of aromatic carboxylic acids is 1. The molecule has 4 rings (SSSR count). The van der Waals surface area contributed by atoms with Crippen LogP contribution in [0, 0.1) is 0 Å². The van der Waals surface area contributed by atoms with Crippen LogP contribution in [0.15, 0.2) is 48.7 Å². The molecule has 0 amide bonds. The highest BCUT2D eigenvalue weighted by molar-refractivity contribution is 7.17. The van der Waals surface area contributed by atoms with E-state index in [2.05, 4.69) is 32.3 Å². The first kappa shape index (κ1) is 20.5. The van der Waals surface area contributed by atoms with E-state index in [4.69, 9.17) is 9.84 Å². The normalized spacial score (nSPS) is 14.5. The van der Waals surface area contributed by atoms with Crippen LogP contribution in [0.3, 0.4) is 0 Å². The van der Waals surface area contributed by atoms with E-state index in [1.54, 1.807) is 24.4 Å². The first-order valence-electron chi connectivity index (χ1n) is 10.00. The second kappa shape index (κ2) is 9.80. The van der Waals surface area contributed by atoms with Crippen LogP contribution in [0.2, 0.25) is 0 Å². The molecular formula is C22H24N4O3S. The maximum Gasteiger partial charge on any atom is 0.345 e. The number of nitrogens with one attached hydrogen (secondary N) is 1. The fourth-order valence-electron chi connectivity index (χ4n) is 3.41. The number of carbonyl (C=O) groups is 1. The molecule has 1 aromatic carbocycles. The number of ether oxygens (including phenoxy) is 1. The molecule has 1 saturated heterocycles. The largest absolute Gasteiger partial charge is 0.477 e. The third kappa shape index (κ3) is 5.41. The summed E-state index contributed by atoms with van der Waals surface area (Å²) >= 11 is 1.20. The minimum absolute atomic E-state index is 0.294. The van der Waals surface area contributed by atoms with Gasteiger partial charge in [0.1, 0.15) is 4.88 Å². The highest BCUT2D eigenvalue weighted by Gasteiger charge is 2.11. The molecule has 1 aliphatic heterocycles. The van der Waals surface area contributed by atoms with Gasteiger partial charge in [0.15, 0.2) is 0 Å². The molecule has 0 radical (unpaired) electrons. The number of nitrogens with zero attached hydrogens (tertiary/aromatic N) is 3. The zero-order chi connectivity index (χ0) is 20.8. The molecule has 0 atom stereocenters. The summed E-state index contributed by atoms with van der Waals surface area (Å²) in [5.41, 5.74) is 2.91. The van der Waals surface area contributed by atoms with Crippen molar-refractivity contribution in [1.29, 1.82) is 0 Å². The van der Waals surface area contributed by atoms with Gasteiger partial charge in [-0.25, -0.2) is 14.8 Å². The summed E-state index contributed by atoms with van der Waals surface area (Å²) in [6, 6.07) is 13.5. The van der Waals surface area contributed by atoms with Crippen LogP contribution >= 0.6 is 11.3 Å². The third-order valence-electron chi connectivity index (χ3n) is 4.95. The summed E-state index contributed by atoms with van der Waals surface area (Å²) < 4.78 is 5.40. The third-order valence-corrected chi connectivity index (χ3v) is 6.05. The molecule has 1 aliphatic rings. The van der Waals surface area contributed by atoms with Gasteiger partial charge in [-0.2, -0.15) is 0 Å². The molecule has 0 unspecified atom stereocenters. The SMILES string of the molecule is O=C(O)c1ccc(-c2ccnc(Nc3cccc(CCCN4CCOCC4)c3)n2)s1. The molecule has 8 heteroatoms. The van der Waals surface area contributed by atoms with Gasteiger partial charge in [-0.1, -0.05) is 12.1 Å². The second-order valence-electron chi connectivity index (χ2n) is 7.12. The predicted octanol–water partition coefficient (Wildman–Crippen LogP) is 3.91. The lowest BCUT2D eigenvalue weighted by Crippen LogP contribution is -2.36. The second-order valence-corrected chi connectivity index (χ2v) is 8.20. The Bertz CT molecular complexity index is 1000. The molecule has 2 aromatic heterocycles. The van der Waals surface area contributed by atoms with Gasteiger partial charge >= 0.3 is 5.97 Å². The summed E-state index contributed by atoms with van der Waals surface area (Å²) in [7, 11) is 0. The number of thiophene rings is 1. The zero-order valence-electron chi connectivity index (χ0n) is 16.6. The molecule has 3 heterocycles. The van der Waals surface area contributed by atoms with E-state index in [0.29, 0.717) is 16.5 Å². The first-order valence-corrected chi connectivity index (χ1v) is 10.8. The Labute approximate surface area is 179 Å². The Morgan fingerprint density at radius 1 is 1.20 bits per heavy atom. The van der Waals surface area contributed by atoms with Crippen molar-refractivity contribution < 1.29 is 14.6 Å². The van der Waals surface area contributed by atoms with Crippen molar-refractivity contribution in [2.75, 3.05) is 38.2 Å². The number of anilines is 2. The topological polar surface area (TPSA) is 87.6 Å². The van der Waals surface area contributed by atoms with Crippen molar-refractivity contribution in [3.05, 3.63) is 59.1 Å². The lowest BCUT2D eigenvalue weighted by atomic mass is 10.1. The van der Waals surface area contributed by atoms with Crippen molar-refractivity contribution in [3.63, 3.8) is 0 Å². The monoisotopic (exact) mass is 424 g/mol. The summed E-state index contributed by atoms with van der Waals surface area (Å²) in [6.07, 6.45) is 3.80. The van der Waals surface area contributed by atoms with E-state index in [9.17, 15) is 4.79 Å². The van der Waals surface area contributed by atoms with E-state index in [-0.39, 0.29) is 0 Å². The number of carboxylic acid groups (broad SMARTS) is 1. The van der Waals surface area contributed by atoms with Gasteiger partial charge in [-0.15, -0.1) is 11.3 Å². The highest BCUT2D eigenvalue weighted by Crippen LogP contribution is 2.27. The number of carboxylic acids is 1. The van der Waals surface area contributed by atoms with Gasteiger partial charge < -0.3 is 15.2 Å². The lowest BCUT2D eigenvalue weighted by Gasteiger charge is -2.26. The molecule has 7 nitrogen and oxygen atoms in total. The van der Waals surface area contributed by atoms with E-state index >= 15 is 0 Å². The van der Waals surface area contributed by atoms with Crippen molar-refractivity contribution >= 4 is 28.9 Å². The summed E-state index contributed by atoms with van der Waals surface area (Å²) in [6.45, 7) is 4.80. The minimum Gasteiger partial charge on any atom is -0.477 e. The van der Waals surface area contributed by atoms with Crippen molar-refractivity contribution in [2.24, 2.45) is 0 Å². The molecular weight excluding hydrogens is 400 g/mol. The van der Waals surface area contributed by atoms with Gasteiger partial charge in [0, 0.05) is 25.0 Å². The highest BCUT2D eigenvalue weighted by atomic mass is 32.1. The number of hydrogen-bond donors (Lipinski definition) is 2. The van der Waals surface area contributed by atoms with Crippen LogP contribution in [0.4, 0.5) is 11.6 Å². The average Bonchev–Trinajstić information content (AvgIpc) is 3.26. The maximum absolute atomic E-state index is 11.1. The van der Waals surface area contributed by atoms with E-state index < -0.39 is 5.97 Å². The van der Waals surface area contributed by atoms with Crippen LogP contribution in [0.1, 0.15) is 21.7 Å². The van der Waals surface area contributed by atoms with E-state index in [1.165, 1.54) is 16.9 Å². The van der Waals surface area contributed by atoms with Gasteiger partial charge in [-0.3, -0.25) is 4.90 Å². The Morgan fingerprint density at radius 3 is 2.87 bits per heavy atom. The zero-order valence-corrected chi connectivity index (χ0v) is 17.4. The number of benzene rings is 1. The summed E-state index contributed by atoms with van der Waals surface area (Å²) in [5, 5.41) is 12.4. The van der Waals surface area contributed by atoms with Crippen molar-refractivity contribution in [2.45, 2.75) is 12.8 Å². The fourth-order valence-corrected chi connectivity index (χ4v) is 4.23. The summed E-state index contributed by atoms with van der Waals surface area (Å²) in [4.78, 5) is 23.5. The molecule has 1 fully saturated rings. The molecule has 0 bridgehead atoms. The first-order chi connectivity index (χ1) is 14.7. The van der Waals surface area contributed by atoms with Gasteiger partial charge in [0.05, 0.1) is 23.8 Å². The summed E-state index contributed by atoms with van der Waals surface area (Å²) in [5.74, 6) is -0.438. The average molecular weight is 425 g/mol. The Balaban J connectivity index is 1.38. The van der Waals surface area contributed by atoms with Gasteiger partial charge in [0.2, 0.25) is 5.95 Å². The molecule has 30 heavy (non-hydrogen) atoms. The molecule has 156 valence electrons. The molecule has 0 saturated carbocycles. The Kier molecular flexibility index (Phi) is 6.68. The minimum atomic E-state index is -0.927. The van der Waals surface area contributed by atoms with Crippen LogP contribution in [0.5, 0.6) is 0 Å². The number of morpholine rings is 1. The van der Waals surface area contributed by atoms with Crippen molar-refractivity contribution in [3.8, 4) is 10.6 Å². The smallest absolute Gasteiger partial charge is 0.345 e. The van der Waals surface area contributed by atoms with Gasteiger partial charge in [-0.05, 0) is 55.3 Å². The van der Waals surface area contributed by atoms with Gasteiger partial charge in [0.25, 0.3) is 0 Å². The molecule has 3 aromatic rings. The fraction of sp³-hybridized carbons (Fsp3) is 0.318. The Morgan fingerprint density at radius 2 is 2.07 bits per heavy atom. The van der Waals surface area contributed by atoms with Crippen molar-refractivity contribution in [1.82, 2.24) is 14.9 Å². The van der Waals surface area contributed by atoms with Crippen LogP contribution in [0.25, 0.3) is 10.6 Å².